The average molecular weight is 311 g/mol. The van der Waals surface area contributed by atoms with Crippen molar-refractivity contribution in [3.05, 3.63) is 10.6 Å². The lowest BCUT2D eigenvalue weighted by molar-refractivity contribution is -0.148. The van der Waals surface area contributed by atoms with E-state index in [1.54, 1.807) is 6.92 Å². The van der Waals surface area contributed by atoms with E-state index in [1.165, 1.54) is 0 Å². The van der Waals surface area contributed by atoms with Gasteiger partial charge in [-0.1, -0.05) is 31.7 Å². The van der Waals surface area contributed by atoms with Crippen LogP contribution in [0.3, 0.4) is 0 Å². The van der Waals surface area contributed by atoms with Crippen molar-refractivity contribution in [1.29, 1.82) is 0 Å². The molecule has 2 N–H and O–H groups in total. The highest BCUT2D eigenvalue weighted by molar-refractivity contribution is 7.08. The molecule has 2 atom stereocenters. The standard InChI is InChI=1S/C14H21N3O3S/c1-13(2,3)10-9(21-17-16-10)11(18)15-8-6-5-7-14(8,4)12(19)20/h8H,5-7H2,1-4H3,(H,15,18)(H,19,20). The van der Waals surface area contributed by atoms with Gasteiger partial charge in [0.2, 0.25) is 0 Å². The van der Waals surface area contributed by atoms with E-state index >= 15 is 0 Å². The van der Waals surface area contributed by atoms with Gasteiger partial charge >= 0.3 is 5.97 Å². The summed E-state index contributed by atoms with van der Waals surface area (Å²) in [5, 5.41) is 16.3. The van der Waals surface area contributed by atoms with E-state index in [1.807, 2.05) is 20.8 Å². The maximum Gasteiger partial charge on any atom is 0.311 e. The van der Waals surface area contributed by atoms with E-state index in [4.69, 9.17) is 0 Å². The van der Waals surface area contributed by atoms with Crippen molar-refractivity contribution in [3.8, 4) is 0 Å². The number of aromatic nitrogens is 2. The van der Waals surface area contributed by atoms with Gasteiger partial charge in [0.05, 0.1) is 11.1 Å². The second-order valence-electron chi connectivity index (χ2n) is 6.84. The normalized spacial score (nSPS) is 25.8. The van der Waals surface area contributed by atoms with Crippen LogP contribution >= 0.6 is 11.5 Å². The quantitative estimate of drug-likeness (QED) is 0.893. The predicted octanol–water partition coefficient (Wildman–Crippen LogP) is 2.21. The van der Waals surface area contributed by atoms with Gasteiger partial charge in [-0.15, -0.1) is 5.10 Å². The summed E-state index contributed by atoms with van der Waals surface area (Å²) >= 11 is 1.06. The maximum absolute atomic E-state index is 12.5. The molecule has 0 bridgehead atoms. The molecular weight excluding hydrogens is 290 g/mol. The first-order chi connectivity index (χ1) is 9.66. The Balaban J connectivity index is 2.20. The zero-order chi connectivity index (χ0) is 15.8. The molecule has 1 saturated carbocycles. The van der Waals surface area contributed by atoms with Crippen LogP contribution < -0.4 is 5.32 Å². The Morgan fingerprint density at radius 2 is 2.10 bits per heavy atom. The molecule has 1 aliphatic carbocycles. The molecule has 1 aromatic rings. The number of aliphatic carboxylic acids is 1. The van der Waals surface area contributed by atoms with Crippen molar-refractivity contribution in [2.75, 3.05) is 0 Å². The van der Waals surface area contributed by atoms with Crippen molar-refractivity contribution in [2.45, 2.75) is 58.4 Å². The lowest BCUT2D eigenvalue weighted by Gasteiger charge is -2.27. The monoisotopic (exact) mass is 311 g/mol. The van der Waals surface area contributed by atoms with E-state index in [9.17, 15) is 14.7 Å². The molecule has 6 nitrogen and oxygen atoms in total. The third-order valence-electron chi connectivity index (χ3n) is 4.16. The number of nitrogens with zero attached hydrogens (tertiary/aromatic N) is 2. The summed E-state index contributed by atoms with van der Waals surface area (Å²) in [5.74, 6) is -1.13. The van der Waals surface area contributed by atoms with Gasteiger partial charge in [0.15, 0.2) is 0 Å². The van der Waals surface area contributed by atoms with Gasteiger partial charge in [0.1, 0.15) is 4.88 Å². The Kier molecular flexibility index (Phi) is 4.06. The van der Waals surface area contributed by atoms with Crippen molar-refractivity contribution >= 4 is 23.4 Å². The zero-order valence-electron chi connectivity index (χ0n) is 12.8. The molecule has 1 amide bonds. The number of nitrogens with one attached hydrogen (secondary N) is 1. The highest BCUT2D eigenvalue weighted by Crippen LogP contribution is 2.38. The number of carboxylic acid groups (broad SMARTS) is 1. The molecule has 21 heavy (non-hydrogen) atoms. The van der Waals surface area contributed by atoms with Crippen molar-refractivity contribution in [1.82, 2.24) is 14.9 Å². The van der Waals surface area contributed by atoms with Gasteiger partial charge in [0, 0.05) is 11.5 Å². The SMILES string of the molecule is CC(C)(C)c1nnsc1C(=O)NC1CCCC1(C)C(=O)O. The summed E-state index contributed by atoms with van der Waals surface area (Å²) < 4.78 is 3.87. The summed E-state index contributed by atoms with van der Waals surface area (Å²) in [7, 11) is 0. The van der Waals surface area contributed by atoms with Crippen LogP contribution in [0.5, 0.6) is 0 Å². The van der Waals surface area contributed by atoms with Gasteiger partial charge in [0.25, 0.3) is 5.91 Å². The molecule has 0 radical (unpaired) electrons. The molecule has 1 aromatic heterocycles. The van der Waals surface area contributed by atoms with E-state index < -0.39 is 11.4 Å². The Labute approximate surface area is 128 Å². The van der Waals surface area contributed by atoms with Gasteiger partial charge < -0.3 is 10.4 Å². The molecule has 0 aromatic carbocycles. The van der Waals surface area contributed by atoms with E-state index in [0.29, 0.717) is 23.4 Å². The molecule has 1 fully saturated rings. The van der Waals surface area contributed by atoms with Crippen LogP contribution in [-0.2, 0) is 10.2 Å². The number of hydrogen-bond donors (Lipinski definition) is 2. The van der Waals surface area contributed by atoms with Crippen LogP contribution in [0.15, 0.2) is 0 Å². The minimum atomic E-state index is -0.893. The number of hydrogen-bond acceptors (Lipinski definition) is 5. The fourth-order valence-electron chi connectivity index (χ4n) is 2.71. The van der Waals surface area contributed by atoms with Crippen LogP contribution in [0.1, 0.15) is 62.3 Å². The third-order valence-corrected chi connectivity index (χ3v) is 4.88. The summed E-state index contributed by atoms with van der Waals surface area (Å²) in [5.41, 5.74) is -0.513. The molecule has 7 heteroatoms. The first-order valence-electron chi connectivity index (χ1n) is 7.03. The van der Waals surface area contributed by atoms with Gasteiger partial charge in [-0.25, -0.2) is 0 Å². The highest BCUT2D eigenvalue weighted by Gasteiger charge is 2.46. The smallest absolute Gasteiger partial charge is 0.311 e. The predicted molar refractivity (Wildman–Crippen MR) is 79.5 cm³/mol. The van der Waals surface area contributed by atoms with Crippen molar-refractivity contribution < 1.29 is 14.7 Å². The fraction of sp³-hybridized carbons (Fsp3) is 0.714. The Morgan fingerprint density at radius 3 is 2.67 bits per heavy atom. The molecule has 116 valence electrons. The second-order valence-corrected chi connectivity index (χ2v) is 7.60. The second kappa shape index (κ2) is 5.36. The van der Waals surface area contributed by atoms with E-state index in [-0.39, 0.29) is 17.4 Å². The van der Waals surface area contributed by atoms with Crippen LogP contribution in [0.25, 0.3) is 0 Å². The minimum Gasteiger partial charge on any atom is -0.481 e. The topological polar surface area (TPSA) is 92.2 Å². The lowest BCUT2D eigenvalue weighted by atomic mass is 9.84. The number of carbonyl (C=O) groups is 2. The summed E-state index contributed by atoms with van der Waals surface area (Å²) in [6.45, 7) is 7.61. The van der Waals surface area contributed by atoms with Crippen LogP contribution in [-0.4, -0.2) is 32.6 Å². The first kappa shape index (κ1) is 15.9. The Bertz CT molecular complexity index is 564. The highest BCUT2D eigenvalue weighted by atomic mass is 32.1. The maximum atomic E-state index is 12.5. The number of carbonyl (C=O) groups excluding carboxylic acids is 1. The first-order valence-corrected chi connectivity index (χ1v) is 7.80. The molecule has 0 spiro atoms. The summed E-state index contributed by atoms with van der Waals surface area (Å²) in [6.07, 6.45) is 2.08. The Morgan fingerprint density at radius 1 is 1.43 bits per heavy atom. The Hall–Kier alpha value is -1.50. The average Bonchev–Trinajstić information content (AvgIpc) is 2.96. The zero-order valence-corrected chi connectivity index (χ0v) is 13.6. The van der Waals surface area contributed by atoms with E-state index in [2.05, 4.69) is 14.9 Å². The molecule has 2 unspecified atom stereocenters. The molecule has 1 heterocycles. The molecule has 0 saturated heterocycles. The van der Waals surface area contributed by atoms with Crippen LogP contribution in [0, 0.1) is 5.41 Å². The minimum absolute atomic E-state index is 0.269. The number of rotatable bonds is 3. The summed E-state index contributed by atoms with van der Waals surface area (Å²) in [6, 6.07) is -0.350. The molecule has 1 aliphatic rings. The molecular formula is C14H21N3O3S. The largest absolute Gasteiger partial charge is 0.481 e. The fourth-order valence-corrected chi connectivity index (χ4v) is 3.49. The van der Waals surface area contributed by atoms with Crippen LogP contribution in [0.4, 0.5) is 0 Å². The number of carboxylic acids is 1. The van der Waals surface area contributed by atoms with Gasteiger partial charge in [-0.2, -0.15) is 0 Å². The lowest BCUT2D eigenvalue weighted by Crippen LogP contribution is -2.47. The van der Waals surface area contributed by atoms with Gasteiger partial charge in [-0.3, -0.25) is 9.59 Å². The van der Waals surface area contributed by atoms with Crippen molar-refractivity contribution in [3.63, 3.8) is 0 Å². The molecule has 0 aliphatic heterocycles. The van der Waals surface area contributed by atoms with Gasteiger partial charge in [-0.05, 0) is 31.3 Å². The van der Waals surface area contributed by atoms with Crippen molar-refractivity contribution in [2.24, 2.45) is 5.41 Å². The summed E-state index contributed by atoms with van der Waals surface area (Å²) in [4.78, 5) is 24.4. The van der Waals surface area contributed by atoms with Crippen LogP contribution in [0.2, 0.25) is 0 Å². The number of amides is 1. The third kappa shape index (κ3) is 2.92. The van der Waals surface area contributed by atoms with E-state index in [0.717, 1.165) is 18.0 Å². The molecule has 2 rings (SSSR count).